The molecule has 2 fully saturated rings. The number of nitrogens with one attached hydrogen (secondary N) is 1. The SMILES string of the molecule is OCc1cc(N2C[C@@H]3C[C@H]2CN3)cnc1F. The largest absolute Gasteiger partial charge is 0.392 e. The summed E-state index contributed by atoms with van der Waals surface area (Å²) in [6.07, 6.45) is 2.70. The van der Waals surface area contributed by atoms with Crippen LogP contribution in [0.1, 0.15) is 12.0 Å². The average molecular weight is 223 g/mol. The molecule has 16 heavy (non-hydrogen) atoms. The van der Waals surface area contributed by atoms with Gasteiger partial charge in [0.25, 0.3) is 0 Å². The summed E-state index contributed by atoms with van der Waals surface area (Å²) in [5, 5.41) is 12.4. The van der Waals surface area contributed by atoms with Crippen LogP contribution in [0.5, 0.6) is 0 Å². The second kappa shape index (κ2) is 3.68. The lowest BCUT2D eigenvalue weighted by molar-refractivity contribution is 0.274. The Morgan fingerprint density at radius 1 is 1.62 bits per heavy atom. The first-order valence-corrected chi connectivity index (χ1v) is 5.53. The smallest absolute Gasteiger partial charge is 0.218 e. The monoisotopic (exact) mass is 223 g/mol. The van der Waals surface area contributed by atoms with Gasteiger partial charge in [-0.2, -0.15) is 4.39 Å². The Morgan fingerprint density at radius 2 is 2.50 bits per heavy atom. The van der Waals surface area contributed by atoms with Crippen molar-refractivity contribution in [1.29, 1.82) is 0 Å². The van der Waals surface area contributed by atoms with E-state index >= 15 is 0 Å². The summed E-state index contributed by atoms with van der Waals surface area (Å²) in [4.78, 5) is 5.93. The predicted octanol–water partition coefficient (Wildman–Crippen LogP) is 0.263. The summed E-state index contributed by atoms with van der Waals surface area (Å²) < 4.78 is 13.1. The molecule has 0 aromatic carbocycles. The summed E-state index contributed by atoms with van der Waals surface area (Å²) in [6.45, 7) is 1.63. The highest BCUT2D eigenvalue weighted by Gasteiger charge is 2.37. The number of anilines is 1. The van der Waals surface area contributed by atoms with Gasteiger partial charge in [-0.1, -0.05) is 0 Å². The maximum absolute atomic E-state index is 13.1. The molecule has 2 bridgehead atoms. The molecule has 0 amide bonds. The van der Waals surface area contributed by atoms with E-state index in [0.717, 1.165) is 25.2 Å². The van der Waals surface area contributed by atoms with Crippen molar-refractivity contribution in [2.45, 2.75) is 25.1 Å². The van der Waals surface area contributed by atoms with Crippen molar-refractivity contribution in [2.75, 3.05) is 18.0 Å². The summed E-state index contributed by atoms with van der Waals surface area (Å²) in [6, 6.07) is 2.74. The first kappa shape index (κ1) is 9.99. The van der Waals surface area contributed by atoms with Crippen LogP contribution in [0.3, 0.4) is 0 Å². The van der Waals surface area contributed by atoms with Crippen LogP contribution >= 0.6 is 0 Å². The van der Waals surface area contributed by atoms with E-state index in [2.05, 4.69) is 15.2 Å². The van der Waals surface area contributed by atoms with E-state index in [1.807, 2.05) is 0 Å². The first-order chi connectivity index (χ1) is 7.78. The van der Waals surface area contributed by atoms with E-state index in [1.54, 1.807) is 12.3 Å². The lowest BCUT2D eigenvalue weighted by Crippen LogP contribution is -2.43. The third-order valence-corrected chi connectivity index (χ3v) is 3.46. The van der Waals surface area contributed by atoms with Gasteiger partial charge in [0.15, 0.2) is 0 Å². The van der Waals surface area contributed by atoms with Gasteiger partial charge in [0, 0.05) is 30.7 Å². The first-order valence-electron chi connectivity index (χ1n) is 5.53. The number of rotatable bonds is 2. The molecule has 1 aromatic rings. The summed E-state index contributed by atoms with van der Waals surface area (Å²) in [5.74, 6) is -0.575. The van der Waals surface area contributed by atoms with E-state index in [0.29, 0.717) is 12.1 Å². The van der Waals surface area contributed by atoms with E-state index < -0.39 is 5.95 Å². The Bertz CT molecular complexity index is 412. The fraction of sp³-hybridized carbons (Fsp3) is 0.545. The number of aliphatic hydroxyl groups is 1. The number of halogens is 1. The van der Waals surface area contributed by atoms with Gasteiger partial charge < -0.3 is 15.3 Å². The van der Waals surface area contributed by atoms with E-state index in [-0.39, 0.29) is 12.2 Å². The second-order valence-electron chi connectivity index (χ2n) is 4.45. The van der Waals surface area contributed by atoms with Crippen molar-refractivity contribution < 1.29 is 9.50 Å². The maximum Gasteiger partial charge on any atom is 0.218 e. The number of hydrogen-bond acceptors (Lipinski definition) is 4. The highest BCUT2D eigenvalue weighted by atomic mass is 19.1. The van der Waals surface area contributed by atoms with Crippen LogP contribution in [0.2, 0.25) is 0 Å². The summed E-state index contributed by atoms with van der Waals surface area (Å²) >= 11 is 0. The van der Waals surface area contributed by atoms with E-state index in [9.17, 15) is 4.39 Å². The number of piperazine rings is 1. The molecule has 0 aliphatic carbocycles. The molecule has 0 unspecified atom stereocenters. The summed E-state index contributed by atoms with van der Waals surface area (Å²) in [7, 11) is 0. The van der Waals surface area contributed by atoms with Gasteiger partial charge in [-0.25, -0.2) is 4.98 Å². The van der Waals surface area contributed by atoms with Crippen LogP contribution in [-0.4, -0.2) is 35.3 Å². The average Bonchev–Trinajstić information content (AvgIpc) is 2.91. The van der Waals surface area contributed by atoms with Crippen LogP contribution in [0.15, 0.2) is 12.3 Å². The van der Waals surface area contributed by atoms with Crippen molar-refractivity contribution in [1.82, 2.24) is 10.3 Å². The van der Waals surface area contributed by atoms with Crippen molar-refractivity contribution in [3.8, 4) is 0 Å². The molecule has 86 valence electrons. The molecule has 2 saturated heterocycles. The standard InChI is InChI=1S/C11H14FN3O/c12-11-7(6-16)1-9(4-14-11)15-5-8-2-10(15)3-13-8/h1,4,8,10,13,16H,2-3,5-6H2/t8-,10-/m0/s1. The van der Waals surface area contributed by atoms with Gasteiger partial charge in [-0.3, -0.25) is 0 Å². The Morgan fingerprint density at radius 3 is 3.12 bits per heavy atom. The molecule has 2 N–H and O–H groups in total. The molecule has 0 spiro atoms. The van der Waals surface area contributed by atoms with Crippen LogP contribution in [0, 0.1) is 5.95 Å². The van der Waals surface area contributed by atoms with Gasteiger partial charge >= 0.3 is 0 Å². The maximum atomic E-state index is 13.1. The minimum absolute atomic E-state index is 0.272. The van der Waals surface area contributed by atoms with Crippen molar-refractivity contribution >= 4 is 5.69 Å². The van der Waals surface area contributed by atoms with Crippen molar-refractivity contribution in [2.24, 2.45) is 0 Å². The van der Waals surface area contributed by atoms with Crippen molar-refractivity contribution in [3.05, 3.63) is 23.8 Å². The molecule has 2 atom stereocenters. The Hall–Kier alpha value is -1.20. The number of aromatic nitrogens is 1. The van der Waals surface area contributed by atoms with Gasteiger partial charge in [0.1, 0.15) is 0 Å². The molecule has 2 aliphatic heterocycles. The summed E-state index contributed by atoms with van der Waals surface area (Å²) in [5.41, 5.74) is 1.19. The molecule has 0 radical (unpaired) electrons. The third kappa shape index (κ3) is 1.47. The fourth-order valence-electron chi connectivity index (χ4n) is 2.63. The normalized spacial score (nSPS) is 27.8. The second-order valence-corrected chi connectivity index (χ2v) is 4.45. The zero-order valence-electron chi connectivity index (χ0n) is 8.86. The minimum Gasteiger partial charge on any atom is -0.392 e. The van der Waals surface area contributed by atoms with Crippen molar-refractivity contribution in [3.63, 3.8) is 0 Å². The predicted molar refractivity (Wildman–Crippen MR) is 57.7 cm³/mol. The molecule has 4 nitrogen and oxygen atoms in total. The molecule has 1 aromatic heterocycles. The van der Waals surface area contributed by atoms with Crippen LogP contribution in [0.25, 0.3) is 0 Å². The van der Waals surface area contributed by atoms with Gasteiger partial charge in [-0.15, -0.1) is 0 Å². The zero-order chi connectivity index (χ0) is 11.1. The highest BCUT2D eigenvalue weighted by Crippen LogP contribution is 2.29. The molecule has 5 heteroatoms. The van der Waals surface area contributed by atoms with E-state index in [4.69, 9.17) is 5.11 Å². The minimum atomic E-state index is -0.575. The number of aliphatic hydroxyl groups excluding tert-OH is 1. The molecular formula is C11H14FN3O. The molecule has 3 rings (SSSR count). The lowest BCUT2D eigenvalue weighted by atomic mass is 10.2. The van der Waals surface area contributed by atoms with Gasteiger partial charge in [-0.05, 0) is 12.5 Å². The molecule has 2 aliphatic rings. The van der Waals surface area contributed by atoms with Gasteiger partial charge in [0.05, 0.1) is 18.5 Å². The quantitative estimate of drug-likeness (QED) is 0.706. The van der Waals surface area contributed by atoms with Crippen LogP contribution in [-0.2, 0) is 6.61 Å². The molecular weight excluding hydrogens is 209 g/mol. The van der Waals surface area contributed by atoms with Crippen LogP contribution < -0.4 is 10.2 Å². The zero-order valence-corrected chi connectivity index (χ0v) is 8.86. The topological polar surface area (TPSA) is 48.4 Å². The Balaban J connectivity index is 1.89. The Labute approximate surface area is 93.1 Å². The Kier molecular flexibility index (Phi) is 2.29. The van der Waals surface area contributed by atoms with Crippen LogP contribution in [0.4, 0.5) is 10.1 Å². The fourth-order valence-corrected chi connectivity index (χ4v) is 2.63. The number of hydrogen-bond donors (Lipinski definition) is 2. The number of nitrogens with zero attached hydrogens (tertiary/aromatic N) is 2. The molecule has 0 saturated carbocycles. The number of pyridine rings is 1. The lowest BCUT2D eigenvalue weighted by Gasteiger charge is -2.29. The van der Waals surface area contributed by atoms with Gasteiger partial charge in [0.2, 0.25) is 5.95 Å². The highest BCUT2D eigenvalue weighted by molar-refractivity contribution is 5.50. The third-order valence-electron chi connectivity index (χ3n) is 3.46. The van der Waals surface area contributed by atoms with E-state index in [1.165, 1.54) is 0 Å². The number of fused-ring (bicyclic) bond motifs is 2. The molecule has 3 heterocycles.